The highest BCUT2D eigenvalue weighted by molar-refractivity contribution is 7.97. The molecule has 1 heterocycles. The summed E-state index contributed by atoms with van der Waals surface area (Å²) in [6.45, 7) is 4.15. The van der Waals surface area contributed by atoms with Gasteiger partial charge in [-0.1, -0.05) is 6.92 Å². The van der Waals surface area contributed by atoms with E-state index in [1.165, 1.54) is 0 Å². The second-order valence-corrected chi connectivity index (χ2v) is 3.78. The number of hydrogen-bond donors (Lipinski definition) is 0. The van der Waals surface area contributed by atoms with Crippen molar-refractivity contribution < 1.29 is 4.74 Å². The Morgan fingerprint density at radius 1 is 1.69 bits per heavy atom. The molecule has 1 aromatic heterocycles. The molecule has 4 heteroatoms. The zero-order valence-electron chi connectivity index (χ0n) is 8.36. The summed E-state index contributed by atoms with van der Waals surface area (Å²) in [5.41, 5.74) is 0. The average Bonchev–Trinajstić information content (AvgIpc) is 2.53. The van der Waals surface area contributed by atoms with E-state index < -0.39 is 0 Å². The Morgan fingerprint density at radius 3 is 3.08 bits per heavy atom. The summed E-state index contributed by atoms with van der Waals surface area (Å²) in [4.78, 5) is 0. The van der Waals surface area contributed by atoms with Crippen LogP contribution in [0.4, 0.5) is 0 Å². The fourth-order valence-electron chi connectivity index (χ4n) is 0.900. The molecule has 13 heavy (non-hydrogen) atoms. The van der Waals surface area contributed by atoms with Crippen LogP contribution < -0.4 is 4.74 Å². The maximum atomic E-state index is 5.55. The van der Waals surface area contributed by atoms with Gasteiger partial charge in [-0.15, -0.1) is 16.9 Å². The van der Waals surface area contributed by atoms with Gasteiger partial charge in [0.1, 0.15) is 0 Å². The van der Waals surface area contributed by atoms with Crippen LogP contribution in [0.1, 0.15) is 20.3 Å². The first kappa shape index (κ1) is 10.4. The van der Waals surface area contributed by atoms with Crippen LogP contribution in [0.2, 0.25) is 0 Å². The first-order valence-electron chi connectivity index (χ1n) is 4.45. The lowest BCUT2D eigenvalue weighted by molar-refractivity contribution is 0.207. The van der Waals surface area contributed by atoms with Crippen molar-refractivity contribution in [3.8, 4) is 5.88 Å². The van der Waals surface area contributed by atoms with Crippen molar-refractivity contribution in [3.05, 3.63) is 12.3 Å². The summed E-state index contributed by atoms with van der Waals surface area (Å²) >= 11 is 1.74. The molecule has 3 nitrogen and oxygen atoms in total. The summed E-state index contributed by atoms with van der Waals surface area (Å²) in [6, 6.07) is 1.91. The van der Waals surface area contributed by atoms with Crippen LogP contribution in [0.3, 0.4) is 0 Å². The average molecular weight is 200 g/mol. The van der Waals surface area contributed by atoms with Crippen molar-refractivity contribution in [2.45, 2.75) is 32.2 Å². The minimum Gasteiger partial charge on any atom is -0.474 e. The van der Waals surface area contributed by atoms with Crippen molar-refractivity contribution in [2.75, 3.05) is 6.26 Å². The predicted molar refractivity (Wildman–Crippen MR) is 56.1 cm³/mol. The Labute approximate surface area is 83.5 Å². The molecule has 0 radical (unpaired) electrons. The van der Waals surface area contributed by atoms with Crippen LogP contribution >= 0.6 is 11.8 Å². The van der Waals surface area contributed by atoms with Gasteiger partial charge in [0.15, 0.2) is 0 Å². The molecule has 0 aromatic carbocycles. The van der Waals surface area contributed by atoms with Gasteiger partial charge in [0, 0.05) is 12.3 Å². The van der Waals surface area contributed by atoms with E-state index in [0.29, 0.717) is 0 Å². The van der Waals surface area contributed by atoms with Gasteiger partial charge in [-0.3, -0.25) is 4.68 Å². The summed E-state index contributed by atoms with van der Waals surface area (Å²) in [5.74, 6) is 1.60. The van der Waals surface area contributed by atoms with E-state index in [9.17, 15) is 0 Å². The van der Waals surface area contributed by atoms with Crippen LogP contribution in [0.25, 0.3) is 0 Å². The highest BCUT2D eigenvalue weighted by Crippen LogP contribution is 2.10. The van der Waals surface area contributed by atoms with E-state index >= 15 is 0 Å². The summed E-state index contributed by atoms with van der Waals surface area (Å²) in [6.07, 6.45) is 5.25. The van der Waals surface area contributed by atoms with Crippen LogP contribution in [0.5, 0.6) is 5.88 Å². The molecule has 1 atom stereocenters. The molecule has 74 valence electrons. The van der Waals surface area contributed by atoms with E-state index in [1.807, 2.05) is 23.9 Å². The quantitative estimate of drug-likeness (QED) is 0.730. The molecule has 0 saturated heterocycles. The molecular formula is C9H16N2OS. The van der Waals surface area contributed by atoms with Gasteiger partial charge in [0.2, 0.25) is 5.88 Å². The van der Waals surface area contributed by atoms with Gasteiger partial charge in [-0.25, -0.2) is 0 Å². The Morgan fingerprint density at radius 2 is 2.46 bits per heavy atom. The Balaban J connectivity index is 2.48. The predicted octanol–water partition coefficient (Wildman–Crippen LogP) is 2.38. The summed E-state index contributed by atoms with van der Waals surface area (Å²) in [5, 5.41) is 4.26. The van der Waals surface area contributed by atoms with Crippen molar-refractivity contribution in [1.29, 1.82) is 0 Å². The van der Waals surface area contributed by atoms with Gasteiger partial charge >= 0.3 is 0 Å². The standard InChI is InChI=1S/C9H16N2OS/c1-4-8(2)12-9-5-6-11(10-9)7-13-3/h5-6,8H,4,7H2,1-3H3/t8-/m0/s1. The zero-order chi connectivity index (χ0) is 9.68. The molecule has 0 bridgehead atoms. The minimum atomic E-state index is 0.248. The minimum absolute atomic E-state index is 0.248. The Kier molecular flexibility index (Phi) is 4.15. The number of hydrogen-bond acceptors (Lipinski definition) is 3. The Hall–Kier alpha value is -0.640. The van der Waals surface area contributed by atoms with Crippen molar-refractivity contribution in [2.24, 2.45) is 0 Å². The van der Waals surface area contributed by atoms with Crippen LogP contribution in [-0.2, 0) is 5.88 Å². The number of aromatic nitrogens is 2. The topological polar surface area (TPSA) is 27.1 Å². The molecule has 0 saturated carbocycles. The van der Waals surface area contributed by atoms with Crippen LogP contribution in [-0.4, -0.2) is 22.1 Å². The Bertz CT molecular complexity index is 250. The molecular weight excluding hydrogens is 184 g/mol. The van der Waals surface area contributed by atoms with Crippen LogP contribution in [0.15, 0.2) is 12.3 Å². The number of ether oxygens (including phenoxy) is 1. The first-order chi connectivity index (χ1) is 6.26. The zero-order valence-corrected chi connectivity index (χ0v) is 9.17. The van der Waals surface area contributed by atoms with E-state index in [-0.39, 0.29) is 6.10 Å². The highest BCUT2D eigenvalue weighted by atomic mass is 32.2. The smallest absolute Gasteiger partial charge is 0.233 e. The molecule has 0 fully saturated rings. The van der Waals surface area contributed by atoms with E-state index in [1.54, 1.807) is 11.8 Å². The third-order valence-corrected chi connectivity index (χ3v) is 2.30. The first-order valence-corrected chi connectivity index (χ1v) is 5.84. The van der Waals surface area contributed by atoms with E-state index in [2.05, 4.69) is 18.3 Å². The fraction of sp³-hybridized carbons (Fsp3) is 0.667. The van der Waals surface area contributed by atoms with E-state index in [0.717, 1.165) is 18.2 Å². The molecule has 0 spiro atoms. The second kappa shape index (κ2) is 5.17. The molecule has 0 N–H and O–H groups in total. The largest absolute Gasteiger partial charge is 0.474 e. The maximum absolute atomic E-state index is 5.55. The van der Waals surface area contributed by atoms with Crippen molar-refractivity contribution in [3.63, 3.8) is 0 Å². The lowest BCUT2D eigenvalue weighted by Gasteiger charge is -2.08. The molecule has 0 aliphatic rings. The van der Waals surface area contributed by atoms with Crippen molar-refractivity contribution in [1.82, 2.24) is 9.78 Å². The van der Waals surface area contributed by atoms with Gasteiger partial charge in [-0.05, 0) is 19.6 Å². The highest BCUT2D eigenvalue weighted by Gasteiger charge is 2.03. The number of thioether (sulfide) groups is 1. The third kappa shape index (κ3) is 3.30. The third-order valence-electron chi connectivity index (χ3n) is 1.77. The molecule has 0 amide bonds. The lowest BCUT2D eigenvalue weighted by atomic mass is 10.3. The molecule has 1 rings (SSSR count). The summed E-state index contributed by atoms with van der Waals surface area (Å²) < 4.78 is 7.43. The summed E-state index contributed by atoms with van der Waals surface area (Å²) in [7, 11) is 0. The van der Waals surface area contributed by atoms with E-state index in [4.69, 9.17) is 4.74 Å². The van der Waals surface area contributed by atoms with Gasteiger partial charge in [0.25, 0.3) is 0 Å². The normalized spacial score (nSPS) is 12.8. The molecule has 0 aliphatic heterocycles. The number of nitrogens with zero attached hydrogens (tertiary/aromatic N) is 2. The molecule has 1 aromatic rings. The fourth-order valence-corrected chi connectivity index (χ4v) is 1.31. The van der Waals surface area contributed by atoms with Gasteiger partial charge in [-0.2, -0.15) is 0 Å². The lowest BCUT2D eigenvalue weighted by Crippen LogP contribution is -2.10. The number of rotatable bonds is 5. The molecule has 0 aliphatic carbocycles. The SMILES string of the molecule is CC[C@H](C)Oc1ccn(CSC)n1. The van der Waals surface area contributed by atoms with Crippen LogP contribution in [0, 0.1) is 0 Å². The maximum Gasteiger partial charge on any atom is 0.233 e. The second-order valence-electron chi connectivity index (χ2n) is 2.95. The van der Waals surface area contributed by atoms with Gasteiger partial charge in [0.05, 0.1) is 12.0 Å². The van der Waals surface area contributed by atoms with Crippen molar-refractivity contribution >= 4 is 11.8 Å². The molecule has 0 unspecified atom stereocenters. The monoisotopic (exact) mass is 200 g/mol. The van der Waals surface area contributed by atoms with Gasteiger partial charge < -0.3 is 4.74 Å².